The van der Waals surface area contributed by atoms with Crippen molar-refractivity contribution in [3.05, 3.63) is 24.0 Å². The Kier molecular flexibility index (Phi) is 2.43. The first kappa shape index (κ1) is 11.0. The molecule has 6 heteroatoms. The molecule has 1 aliphatic rings. The second-order valence-corrected chi connectivity index (χ2v) is 4.30. The molecule has 2 aromatic rings. The first-order valence-electron chi connectivity index (χ1n) is 5.71. The molecule has 0 aliphatic carbocycles. The van der Waals surface area contributed by atoms with Gasteiger partial charge in [0.2, 0.25) is 0 Å². The lowest BCUT2D eigenvalue weighted by molar-refractivity contribution is -0.138. The van der Waals surface area contributed by atoms with Gasteiger partial charge in [0.1, 0.15) is 17.4 Å². The van der Waals surface area contributed by atoms with Crippen LogP contribution in [0.1, 0.15) is 12.8 Å². The fourth-order valence-electron chi connectivity index (χ4n) is 2.26. The number of rotatable bonds is 2. The van der Waals surface area contributed by atoms with Gasteiger partial charge in [-0.1, -0.05) is 0 Å². The Labute approximate surface area is 102 Å². The zero-order valence-electron chi connectivity index (χ0n) is 9.47. The third-order valence-electron chi connectivity index (χ3n) is 3.12. The van der Waals surface area contributed by atoms with Gasteiger partial charge in [-0.25, -0.2) is 9.18 Å². The van der Waals surface area contributed by atoms with Crippen LogP contribution in [-0.4, -0.2) is 28.6 Å². The molecule has 2 heterocycles. The number of nitrogens with zero attached hydrogens (tertiary/aromatic N) is 2. The van der Waals surface area contributed by atoms with Crippen LogP contribution in [-0.2, 0) is 4.79 Å². The number of anilines is 1. The van der Waals surface area contributed by atoms with E-state index in [1.165, 1.54) is 18.2 Å². The van der Waals surface area contributed by atoms with E-state index < -0.39 is 17.8 Å². The van der Waals surface area contributed by atoms with E-state index in [-0.39, 0.29) is 6.01 Å². The van der Waals surface area contributed by atoms with E-state index in [9.17, 15) is 9.18 Å². The van der Waals surface area contributed by atoms with Crippen LogP contribution in [0.5, 0.6) is 0 Å². The van der Waals surface area contributed by atoms with Gasteiger partial charge in [0.25, 0.3) is 6.01 Å². The molecule has 1 unspecified atom stereocenters. The van der Waals surface area contributed by atoms with Gasteiger partial charge in [0, 0.05) is 12.6 Å². The lowest BCUT2D eigenvalue weighted by atomic mass is 10.2. The zero-order chi connectivity index (χ0) is 12.7. The minimum atomic E-state index is -0.888. The first-order valence-corrected chi connectivity index (χ1v) is 5.71. The van der Waals surface area contributed by atoms with Crippen LogP contribution in [0.3, 0.4) is 0 Å². The monoisotopic (exact) mass is 250 g/mol. The van der Waals surface area contributed by atoms with Crippen LogP contribution in [0.15, 0.2) is 22.6 Å². The molecule has 0 amide bonds. The van der Waals surface area contributed by atoms with E-state index in [1.54, 1.807) is 4.90 Å². The Hall–Kier alpha value is -2.11. The summed E-state index contributed by atoms with van der Waals surface area (Å²) >= 11 is 0. The molecule has 0 spiro atoms. The van der Waals surface area contributed by atoms with Crippen molar-refractivity contribution in [1.29, 1.82) is 0 Å². The molecule has 5 nitrogen and oxygen atoms in total. The number of carboxylic acid groups (broad SMARTS) is 1. The first-order chi connectivity index (χ1) is 8.65. The Bertz CT molecular complexity index is 610. The standard InChI is InChI=1S/C12H11FN2O3/c13-7-3-4-10-8(6-7)14-12(18-10)15-5-1-2-9(15)11(16)17/h3-4,6,9H,1-2,5H2,(H,16,17). The quantitative estimate of drug-likeness (QED) is 0.883. The van der Waals surface area contributed by atoms with Crippen molar-refractivity contribution in [2.24, 2.45) is 0 Å². The molecule has 0 radical (unpaired) electrons. The minimum Gasteiger partial charge on any atom is -0.480 e. The third kappa shape index (κ3) is 1.70. The van der Waals surface area contributed by atoms with E-state index in [0.717, 1.165) is 6.42 Å². The van der Waals surface area contributed by atoms with Crippen LogP contribution >= 0.6 is 0 Å². The second-order valence-electron chi connectivity index (χ2n) is 4.30. The van der Waals surface area contributed by atoms with Crippen LogP contribution in [0.2, 0.25) is 0 Å². The topological polar surface area (TPSA) is 66.6 Å². The highest BCUT2D eigenvalue weighted by molar-refractivity contribution is 5.79. The van der Waals surface area contributed by atoms with E-state index in [0.29, 0.717) is 24.1 Å². The summed E-state index contributed by atoms with van der Waals surface area (Å²) in [6, 6.07) is 3.69. The maximum absolute atomic E-state index is 13.0. The van der Waals surface area contributed by atoms with E-state index >= 15 is 0 Å². The number of fused-ring (bicyclic) bond motifs is 1. The fourth-order valence-corrected chi connectivity index (χ4v) is 2.26. The summed E-state index contributed by atoms with van der Waals surface area (Å²) in [5.41, 5.74) is 0.864. The number of halogens is 1. The summed E-state index contributed by atoms with van der Waals surface area (Å²) in [6.45, 7) is 0.590. The fraction of sp³-hybridized carbons (Fsp3) is 0.333. The summed E-state index contributed by atoms with van der Waals surface area (Å²) < 4.78 is 18.5. The molecule has 1 aromatic heterocycles. The number of hydrogen-bond donors (Lipinski definition) is 1. The number of carboxylic acids is 1. The summed E-state index contributed by atoms with van der Waals surface area (Å²) in [6.07, 6.45) is 1.35. The number of benzene rings is 1. The van der Waals surface area contributed by atoms with E-state index in [1.807, 2.05) is 0 Å². The van der Waals surface area contributed by atoms with Gasteiger partial charge in [-0.05, 0) is 25.0 Å². The third-order valence-corrected chi connectivity index (χ3v) is 3.12. The highest BCUT2D eigenvalue weighted by Gasteiger charge is 2.33. The zero-order valence-corrected chi connectivity index (χ0v) is 9.47. The highest BCUT2D eigenvalue weighted by atomic mass is 19.1. The van der Waals surface area contributed by atoms with E-state index in [2.05, 4.69) is 4.98 Å². The molecular formula is C12H11FN2O3. The van der Waals surface area contributed by atoms with Gasteiger partial charge in [-0.15, -0.1) is 0 Å². The maximum Gasteiger partial charge on any atom is 0.326 e. The van der Waals surface area contributed by atoms with Crippen molar-refractivity contribution < 1.29 is 18.7 Å². The summed E-state index contributed by atoms with van der Waals surface area (Å²) in [7, 11) is 0. The molecule has 18 heavy (non-hydrogen) atoms. The largest absolute Gasteiger partial charge is 0.480 e. The highest BCUT2D eigenvalue weighted by Crippen LogP contribution is 2.28. The average molecular weight is 250 g/mol. The summed E-state index contributed by atoms with van der Waals surface area (Å²) in [4.78, 5) is 16.8. The lowest BCUT2D eigenvalue weighted by Crippen LogP contribution is -2.36. The predicted molar refractivity (Wildman–Crippen MR) is 62.0 cm³/mol. The second kappa shape index (κ2) is 3.97. The normalized spacial score (nSPS) is 19.6. The Morgan fingerprint density at radius 2 is 2.39 bits per heavy atom. The Morgan fingerprint density at radius 1 is 1.56 bits per heavy atom. The SMILES string of the molecule is O=C(O)C1CCCN1c1nc2cc(F)ccc2o1. The predicted octanol–water partition coefficient (Wildman–Crippen LogP) is 2.02. The number of aromatic nitrogens is 1. The van der Waals surface area contributed by atoms with Gasteiger partial charge in [-0.3, -0.25) is 0 Å². The minimum absolute atomic E-state index is 0.250. The molecule has 1 N–H and O–H groups in total. The molecule has 3 rings (SSSR count). The van der Waals surface area contributed by atoms with Gasteiger partial charge in [0.15, 0.2) is 5.58 Å². The van der Waals surface area contributed by atoms with Gasteiger partial charge < -0.3 is 14.4 Å². The van der Waals surface area contributed by atoms with Crippen LogP contribution < -0.4 is 4.90 Å². The molecule has 1 aliphatic heterocycles. The van der Waals surface area contributed by atoms with Crippen molar-refractivity contribution in [2.75, 3.05) is 11.4 Å². The van der Waals surface area contributed by atoms with Gasteiger partial charge in [-0.2, -0.15) is 4.98 Å². The van der Waals surface area contributed by atoms with Crippen LogP contribution in [0.4, 0.5) is 10.4 Å². The summed E-state index contributed by atoms with van der Waals surface area (Å²) in [5.74, 6) is -1.28. The molecular weight excluding hydrogens is 239 g/mol. The summed E-state index contributed by atoms with van der Waals surface area (Å²) in [5, 5.41) is 9.09. The molecule has 1 saturated heterocycles. The Morgan fingerprint density at radius 3 is 3.17 bits per heavy atom. The number of oxazole rings is 1. The molecule has 1 fully saturated rings. The van der Waals surface area contributed by atoms with Gasteiger partial charge in [0.05, 0.1) is 0 Å². The number of aliphatic carboxylic acids is 1. The molecule has 0 saturated carbocycles. The molecule has 94 valence electrons. The van der Waals surface area contributed by atoms with Crippen molar-refractivity contribution in [3.8, 4) is 0 Å². The molecule has 0 bridgehead atoms. The maximum atomic E-state index is 13.0. The number of hydrogen-bond acceptors (Lipinski definition) is 4. The lowest BCUT2D eigenvalue weighted by Gasteiger charge is -2.18. The smallest absolute Gasteiger partial charge is 0.326 e. The van der Waals surface area contributed by atoms with Gasteiger partial charge >= 0.3 is 5.97 Å². The average Bonchev–Trinajstić information content (AvgIpc) is 2.93. The van der Waals surface area contributed by atoms with Crippen molar-refractivity contribution in [1.82, 2.24) is 4.98 Å². The van der Waals surface area contributed by atoms with Crippen molar-refractivity contribution in [3.63, 3.8) is 0 Å². The van der Waals surface area contributed by atoms with Crippen LogP contribution in [0, 0.1) is 5.82 Å². The van der Waals surface area contributed by atoms with Crippen molar-refractivity contribution in [2.45, 2.75) is 18.9 Å². The van der Waals surface area contributed by atoms with Crippen LogP contribution in [0.25, 0.3) is 11.1 Å². The van der Waals surface area contributed by atoms with Crippen molar-refractivity contribution >= 4 is 23.1 Å². The molecule has 1 aromatic carbocycles. The van der Waals surface area contributed by atoms with E-state index in [4.69, 9.17) is 9.52 Å². The Balaban J connectivity index is 2.01. The molecule has 1 atom stereocenters. The number of carbonyl (C=O) groups is 1.